The van der Waals surface area contributed by atoms with Gasteiger partial charge in [-0.25, -0.2) is 0 Å². The molecule has 0 saturated heterocycles. The van der Waals surface area contributed by atoms with Crippen LogP contribution in [0.4, 0.5) is 0 Å². The van der Waals surface area contributed by atoms with Crippen LogP contribution >= 0.6 is 0 Å². The van der Waals surface area contributed by atoms with Crippen LogP contribution in [0.3, 0.4) is 0 Å². The molecular weight excluding hydrogens is 244 g/mol. The minimum Gasteiger partial charge on any atom is -0.350 e. The molecule has 0 radical (unpaired) electrons. The quantitative estimate of drug-likeness (QED) is 0.736. The van der Waals surface area contributed by atoms with E-state index in [1.807, 2.05) is 18.2 Å². The number of aryl methyl sites for hydroxylation is 1. The summed E-state index contributed by atoms with van der Waals surface area (Å²) in [5.41, 5.74) is 4.60. The summed E-state index contributed by atoms with van der Waals surface area (Å²) < 4.78 is 2.15. The summed E-state index contributed by atoms with van der Waals surface area (Å²) >= 11 is 0. The van der Waals surface area contributed by atoms with Gasteiger partial charge in [0.15, 0.2) is 0 Å². The van der Waals surface area contributed by atoms with Crippen LogP contribution in [-0.2, 0) is 7.05 Å². The molecule has 0 spiro atoms. The number of aromatic nitrogens is 1. The fraction of sp³-hybridized carbons (Fsp3) is 0.278. The number of benzene rings is 1. The van der Waals surface area contributed by atoms with Gasteiger partial charge < -0.3 is 4.57 Å². The summed E-state index contributed by atoms with van der Waals surface area (Å²) in [6, 6.07) is 8.16. The topological polar surface area (TPSA) is 28.7 Å². The maximum atomic E-state index is 9.09. The Hall–Kier alpha value is -2.27. The number of hydrogen-bond donors (Lipinski definition) is 0. The van der Waals surface area contributed by atoms with Crippen molar-refractivity contribution in [3.8, 4) is 6.07 Å². The first-order valence-electron chi connectivity index (χ1n) is 7.04. The molecule has 0 fully saturated rings. The minimum atomic E-state index is 0.614. The Balaban J connectivity index is 2.10. The van der Waals surface area contributed by atoms with Crippen LogP contribution in [-0.4, -0.2) is 4.57 Å². The number of allylic oxidation sites excluding steroid dienone is 3. The van der Waals surface area contributed by atoms with E-state index in [2.05, 4.69) is 42.6 Å². The van der Waals surface area contributed by atoms with E-state index in [4.69, 9.17) is 5.26 Å². The van der Waals surface area contributed by atoms with E-state index in [1.165, 1.54) is 28.5 Å². The summed E-state index contributed by atoms with van der Waals surface area (Å²) in [6.45, 7) is 3.89. The molecule has 0 bridgehead atoms. The molecule has 0 aliphatic heterocycles. The molecule has 100 valence electrons. The van der Waals surface area contributed by atoms with Gasteiger partial charge in [0, 0.05) is 29.7 Å². The van der Waals surface area contributed by atoms with Crippen molar-refractivity contribution in [1.29, 1.82) is 5.26 Å². The van der Waals surface area contributed by atoms with E-state index in [0.29, 0.717) is 5.92 Å². The Kier molecular flexibility index (Phi) is 3.20. The molecule has 2 nitrogen and oxygen atoms in total. The Labute approximate surface area is 119 Å². The average molecular weight is 262 g/mol. The van der Waals surface area contributed by atoms with Gasteiger partial charge in [-0.15, -0.1) is 6.58 Å². The lowest BCUT2D eigenvalue weighted by molar-refractivity contribution is 0.593. The minimum absolute atomic E-state index is 0.614. The van der Waals surface area contributed by atoms with Crippen molar-refractivity contribution < 1.29 is 0 Å². The third kappa shape index (κ3) is 2.06. The second kappa shape index (κ2) is 5.02. The Bertz CT molecular complexity index is 741. The van der Waals surface area contributed by atoms with E-state index in [0.717, 1.165) is 18.4 Å². The number of rotatable bonds is 2. The predicted molar refractivity (Wildman–Crippen MR) is 83.1 cm³/mol. The summed E-state index contributed by atoms with van der Waals surface area (Å²) in [5.74, 6) is 0.614. The van der Waals surface area contributed by atoms with Crippen LogP contribution in [0.1, 0.15) is 30.4 Å². The van der Waals surface area contributed by atoms with Gasteiger partial charge in [0.2, 0.25) is 0 Å². The normalized spacial score (nSPS) is 18.6. The molecule has 1 heterocycles. The first kappa shape index (κ1) is 12.7. The highest BCUT2D eigenvalue weighted by molar-refractivity contribution is 5.94. The Morgan fingerprint density at radius 1 is 1.45 bits per heavy atom. The van der Waals surface area contributed by atoms with Gasteiger partial charge in [-0.3, -0.25) is 0 Å². The van der Waals surface area contributed by atoms with Crippen molar-refractivity contribution in [3.63, 3.8) is 0 Å². The zero-order valence-electron chi connectivity index (χ0n) is 11.8. The van der Waals surface area contributed by atoms with Gasteiger partial charge >= 0.3 is 0 Å². The van der Waals surface area contributed by atoms with Crippen LogP contribution < -0.4 is 0 Å². The van der Waals surface area contributed by atoms with Crippen molar-refractivity contribution in [2.75, 3.05) is 0 Å². The molecule has 1 aliphatic carbocycles. The maximum absolute atomic E-state index is 9.09. The molecule has 20 heavy (non-hydrogen) atoms. The van der Waals surface area contributed by atoms with Crippen molar-refractivity contribution in [2.45, 2.75) is 19.3 Å². The van der Waals surface area contributed by atoms with Gasteiger partial charge in [0.1, 0.15) is 0 Å². The zero-order chi connectivity index (χ0) is 14.1. The smallest absolute Gasteiger partial charge is 0.0991 e. The van der Waals surface area contributed by atoms with E-state index < -0.39 is 0 Å². The van der Waals surface area contributed by atoms with Crippen LogP contribution in [0.2, 0.25) is 0 Å². The molecule has 1 atom stereocenters. The van der Waals surface area contributed by atoms with E-state index in [-0.39, 0.29) is 0 Å². The van der Waals surface area contributed by atoms with Gasteiger partial charge in [-0.2, -0.15) is 5.26 Å². The first-order valence-corrected chi connectivity index (χ1v) is 7.04. The third-order valence-electron chi connectivity index (χ3n) is 4.25. The predicted octanol–water partition coefficient (Wildman–Crippen LogP) is 4.42. The number of nitrogens with zero attached hydrogens (tertiary/aromatic N) is 2. The van der Waals surface area contributed by atoms with Crippen LogP contribution in [0, 0.1) is 17.2 Å². The molecule has 0 saturated carbocycles. The maximum Gasteiger partial charge on any atom is 0.0991 e. The first-order chi connectivity index (χ1) is 9.72. The molecule has 0 N–H and O–H groups in total. The van der Waals surface area contributed by atoms with Crippen molar-refractivity contribution >= 4 is 16.5 Å². The number of nitriles is 1. The summed E-state index contributed by atoms with van der Waals surface area (Å²) in [6.07, 6.45) is 9.92. The molecule has 1 aromatic carbocycles. The molecule has 2 aromatic rings. The molecule has 1 aromatic heterocycles. The molecular formula is C18H18N2. The average Bonchev–Trinajstić information content (AvgIpc) is 2.84. The monoisotopic (exact) mass is 262 g/mol. The summed E-state index contributed by atoms with van der Waals surface area (Å²) in [7, 11) is 2.06. The van der Waals surface area contributed by atoms with Crippen LogP contribution in [0.15, 0.2) is 43.1 Å². The van der Waals surface area contributed by atoms with E-state index in [9.17, 15) is 0 Å². The fourth-order valence-electron chi connectivity index (χ4n) is 3.03. The van der Waals surface area contributed by atoms with Gasteiger partial charge in [-0.05, 0) is 49.0 Å². The van der Waals surface area contributed by atoms with Gasteiger partial charge in [-0.1, -0.05) is 12.2 Å². The summed E-state index contributed by atoms with van der Waals surface area (Å²) in [4.78, 5) is 0. The van der Waals surface area contributed by atoms with Crippen LogP contribution in [0.5, 0.6) is 0 Å². The summed E-state index contributed by atoms with van der Waals surface area (Å²) in [5, 5.41) is 10.3. The lowest BCUT2D eigenvalue weighted by atomic mass is 9.86. The molecule has 0 amide bonds. The number of hydrogen-bond acceptors (Lipinski definition) is 1. The number of fused-ring (bicyclic) bond motifs is 1. The fourth-order valence-corrected chi connectivity index (χ4v) is 3.03. The standard InChI is InChI=1S/C18H18N2/c1-3-13-4-7-15(8-5-13)17-12-20(2)18-9-6-14(11-19)10-16(17)18/h3,6-7,9-10,12-13H,1,4-5,8H2,2H3. The second-order valence-electron chi connectivity index (χ2n) is 5.50. The molecule has 1 unspecified atom stereocenters. The highest BCUT2D eigenvalue weighted by atomic mass is 14.9. The molecule has 2 heteroatoms. The Morgan fingerprint density at radius 2 is 2.30 bits per heavy atom. The van der Waals surface area contributed by atoms with E-state index >= 15 is 0 Å². The largest absolute Gasteiger partial charge is 0.350 e. The third-order valence-corrected chi connectivity index (χ3v) is 4.25. The lowest BCUT2D eigenvalue weighted by Crippen LogP contribution is -2.01. The van der Waals surface area contributed by atoms with Crippen molar-refractivity contribution in [3.05, 3.63) is 54.3 Å². The van der Waals surface area contributed by atoms with Crippen molar-refractivity contribution in [2.24, 2.45) is 13.0 Å². The molecule has 1 aliphatic rings. The zero-order valence-corrected chi connectivity index (χ0v) is 11.8. The van der Waals surface area contributed by atoms with Crippen molar-refractivity contribution in [1.82, 2.24) is 4.57 Å². The lowest BCUT2D eigenvalue weighted by Gasteiger charge is -2.18. The highest BCUT2D eigenvalue weighted by Crippen LogP contribution is 2.35. The second-order valence-corrected chi connectivity index (χ2v) is 5.50. The highest BCUT2D eigenvalue weighted by Gasteiger charge is 2.16. The molecule has 3 rings (SSSR count). The van der Waals surface area contributed by atoms with E-state index in [1.54, 1.807) is 0 Å². The van der Waals surface area contributed by atoms with Gasteiger partial charge in [0.05, 0.1) is 11.6 Å². The Morgan fingerprint density at radius 3 is 2.95 bits per heavy atom. The SMILES string of the molecule is C=CC1CC=C(c2cn(C)c3ccc(C#N)cc23)CC1. The van der Waals surface area contributed by atoms with Gasteiger partial charge in [0.25, 0.3) is 0 Å². The van der Waals surface area contributed by atoms with Crippen LogP contribution in [0.25, 0.3) is 16.5 Å².